The zero-order chi connectivity index (χ0) is 14.9. The summed E-state index contributed by atoms with van der Waals surface area (Å²) in [5, 5.41) is 4.96. The second kappa shape index (κ2) is 5.19. The summed E-state index contributed by atoms with van der Waals surface area (Å²) in [4.78, 5) is 0. The maximum atomic E-state index is 6.09. The quantitative estimate of drug-likeness (QED) is 0.505. The molecular formula is C21H17N. The Hall–Kier alpha value is -2.80. The summed E-state index contributed by atoms with van der Waals surface area (Å²) in [7, 11) is 0. The van der Waals surface area contributed by atoms with Crippen molar-refractivity contribution in [3.63, 3.8) is 0 Å². The van der Waals surface area contributed by atoms with Gasteiger partial charge >= 0.3 is 0 Å². The molecule has 0 saturated heterocycles. The molecule has 1 nitrogen and oxygen atoms in total. The smallest absolute Gasteiger partial charge is 0.0393 e. The van der Waals surface area contributed by atoms with E-state index < -0.39 is 0 Å². The number of nitrogen functional groups attached to an aromatic ring is 1. The van der Waals surface area contributed by atoms with E-state index in [2.05, 4.69) is 66.7 Å². The average molecular weight is 283 g/mol. The molecule has 0 heterocycles. The Kier molecular flexibility index (Phi) is 3.05. The molecular weight excluding hydrogens is 266 g/mol. The third-order valence-electron chi connectivity index (χ3n) is 4.26. The van der Waals surface area contributed by atoms with Gasteiger partial charge in [-0.15, -0.1) is 0 Å². The normalized spacial score (nSPS) is 11.1. The number of fused-ring (bicyclic) bond motifs is 2. The van der Waals surface area contributed by atoms with Crippen LogP contribution in [0.25, 0.3) is 21.5 Å². The van der Waals surface area contributed by atoms with Gasteiger partial charge in [-0.2, -0.15) is 0 Å². The van der Waals surface area contributed by atoms with E-state index in [9.17, 15) is 0 Å². The van der Waals surface area contributed by atoms with E-state index in [1.165, 1.54) is 27.3 Å². The van der Waals surface area contributed by atoms with Crippen LogP contribution in [0, 0.1) is 0 Å². The van der Waals surface area contributed by atoms with E-state index in [1.807, 2.05) is 12.1 Å². The molecule has 0 spiro atoms. The number of hydrogen-bond donors (Lipinski definition) is 1. The number of rotatable bonds is 2. The van der Waals surface area contributed by atoms with Gasteiger partial charge in [0.2, 0.25) is 0 Å². The minimum absolute atomic E-state index is 0.845. The van der Waals surface area contributed by atoms with Crippen molar-refractivity contribution in [1.29, 1.82) is 0 Å². The first-order chi connectivity index (χ1) is 10.8. The minimum atomic E-state index is 0.845. The Balaban J connectivity index is 1.81. The van der Waals surface area contributed by atoms with Gasteiger partial charge in [0.05, 0.1) is 0 Å². The summed E-state index contributed by atoms with van der Waals surface area (Å²) in [6.45, 7) is 0. The highest BCUT2D eigenvalue weighted by Crippen LogP contribution is 2.27. The molecule has 0 amide bonds. The number of hydrogen-bond acceptors (Lipinski definition) is 1. The molecule has 4 aromatic rings. The number of anilines is 1. The third-order valence-corrected chi connectivity index (χ3v) is 4.26. The van der Waals surface area contributed by atoms with Crippen LogP contribution < -0.4 is 5.73 Å². The molecule has 0 aliphatic carbocycles. The van der Waals surface area contributed by atoms with E-state index in [-0.39, 0.29) is 0 Å². The second-order valence-corrected chi connectivity index (χ2v) is 5.72. The lowest BCUT2D eigenvalue weighted by atomic mass is 9.96. The summed E-state index contributed by atoms with van der Waals surface area (Å²) in [6.07, 6.45) is 0.922. The summed E-state index contributed by atoms with van der Waals surface area (Å²) in [5.41, 5.74) is 9.59. The van der Waals surface area contributed by atoms with Crippen LogP contribution in [-0.2, 0) is 6.42 Å². The highest BCUT2D eigenvalue weighted by atomic mass is 14.5. The molecule has 1 heteroatoms. The van der Waals surface area contributed by atoms with Crippen LogP contribution in [0.1, 0.15) is 11.1 Å². The lowest BCUT2D eigenvalue weighted by Crippen LogP contribution is -1.93. The summed E-state index contributed by atoms with van der Waals surface area (Å²) >= 11 is 0. The topological polar surface area (TPSA) is 26.0 Å². The fourth-order valence-corrected chi connectivity index (χ4v) is 3.11. The van der Waals surface area contributed by atoms with Crippen molar-refractivity contribution in [2.45, 2.75) is 6.42 Å². The van der Waals surface area contributed by atoms with Crippen LogP contribution >= 0.6 is 0 Å². The van der Waals surface area contributed by atoms with E-state index in [0.29, 0.717) is 0 Å². The highest BCUT2D eigenvalue weighted by molar-refractivity contribution is 5.95. The second-order valence-electron chi connectivity index (χ2n) is 5.72. The molecule has 106 valence electrons. The van der Waals surface area contributed by atoms with E-state index in [0.717, 1.165) is 17.5 Å². The maximum absolute atomic E-state index is 6.09. The molecule has 4 rings (SSSR count). The van der Waals surface area contributed by atoms with Crippen LogP contribution in [-0.4, -0.2) is 0 Å². The molecule has 0 aliphatic heterocycles. The third kappa shape index (κ3) is 2.21. The maximum Gasteiger partial charge on any atom is 0.0393 e. The van der Waals surface area contributed by atoms with Crippen molar-refractivity contribution in [3.8, 4) is 0 Å². The molecule has 4 aromatic carbocycles. The Bertz CT molecular complexity index is 970. The Morgan fingerprint density at radius 3 is 2.23 bits per heavy atom. The molecule has 2 N–H and O–H groups in total. The van der Waals surface area contributed by atoms with Crippen molar-refractivity contribution in [3.05, 3.63) is 90.0 Å². The Morgan fingerprint density at radius 1 is 0.636 bits per heavy atom. The zero-order valence-corrected chi connectivity index (χ0v) is 12.3. The molecule has 0 aliphatic rings. The first-order valence-electron chi connectivity index (χ1n) is 7.55. The van der Waals surface area contributed by atoms with Gasteiger partial charge in [-0.3, -0.25) is 0 Å². The van der Waals surface area contributed by atoms with Gasteiger partial charge < -0.3 is 5.73 Å². The lowest BCUT2D eigenvalue weighted by Gasteiger charge is -2.10. The SMILES string of the molecule is Nc1ccc(Cc2ccc3ccccc3c2)c2ccccc12. The van der Waals surface area contributed by atoms with E-state index in [4.69, 9.17) is 5.73 Å². The van der Waals surface area contributed by atoms with Crippen molar-refractivity contribution >= 4 is 27.2 Å². The molecule has 0 atom stereocenters. The number of nitrogens with two attached hydrogens (primary N) is 1. The molecule has 0 unspecified atom stereocenters. The molecule has 0 aromatic heterocycles. The van der Waals surface area contributed by atoms with Crippen molar-refractivity contribution in [1.82, 2.24) is 0 Å². The van der Waals surface area contributed by atoms with Gasteiger partial charge in [0, 0.05) is 11.1 Å². The Morgan fingerprint density at radius 2 is 1.36 bits per heavy atom. The van der Waals surface area contributed by atoms with Gasteiger partial charge in [-0.25, -0.2) is 0 Å². The van der Waals surface area contributed by atoms with Crippen molar-refractivity contribution in [2.24, 2.45) is 0 Å². The molecule has 22 heavy (non-hydrogen) atoms. The summed E-state index contributed by atoms with van der Waals surface area (Å²) in [5.74, 6) is 0. The van der Waals surface area contributed by atoms with Gasteiger partial charge in [0.1, 0.15) is 0 Å². The fourth-order valence-electron chi connectivity index (χ4n) is 3.11. The molecule has 0 radical (unpaired) electrons. The first-order valence-corrected chi connectivity index (χ1v) is 7.55. The summed E-state index contributed by atoms with van der Waals surface area (Å²) in [6, 6.07) is 27.7. The van der Waals surface area contributed by atoms with Crippen LogP contribution in [0.2, 0.25) is 0 Å². The average Bonchev–Trinajstić information content (AvgIpc) is 2.58. The first kappa shape index (κ1) is 12.9. The van der Waals surface area contributed by atoms with Crippen LogP contribution in [0.15, 0.2) is 78.9 Å². The van der Waals surface area contributed by atoms with Crippen molar-refractivity contribution in [2.75, 3.05) is 5.73 Å². The largest absolute Gasteiger partial charge is 0.398 e. The van der Waals surface area contributed by atoms with Gasteiger partial charge in [-0.1, -0.05) is 72.8 Å². The van der Waals surface area contributed by atoms with Gasteiger partial charge in [-0.05, 0) is 39.8 Å². The van der Waals surface area contributed by atoms with Crippen LogP contribution in [0.4, 0.5) is 5.69 Å². The van der Waals surface area contributed by atoms with E-state index in [1.54, 1.807) is 0 Å². The van der Waals surface area contributed by atoms with Crippen LogP contribution in [0.5, 0.6) is 0 Å². The minimum Gasteiger partial charge on any atom is -0.398 e. The van der Waals surface area contributed by atoms with Crippen LogP contribution in [0.3, 0.4) is 0 Å². The molecule has 0 bridgehead atoms. The number of benzene rings is 4. The van der Waals surface area contributed by atoms with E-state index >= 15 is 0 Å². The fraction of sp³-hybridized carbons (Fsp3) is 0.0476. The molecule has 0 saturated carbocycles. The predicted octanol–water partition coefficient (Wildman–Crippen LogP) is 5.17. The molecule has 0 fully saturated rings. The standard InChI is InChI=1S/C21H17N/c22-21-12-11-18(19-7-3-4-8-20(19)21)14-15-9-10-16-5-1-2-6-17(16)13-15/h1-13H,14,22H2. The van der Waals surface area contributed by atoms with Crippen molar-refractivity contribution < 1.29 is 0 Å². The monoisotopic (exact) mass is 283 g/mol. The summed E-state index contributed by atoms with van der Waals surface area (Å²) < 4.78 is 0. The zero-order valence-electron chi connectivity index (χ0n) is 12.3. The predicted molar refractivity (Wildman–Crippen MR) is 95.1 cm³/mol. The van der Waals surface area contributed by atoms with Gasteiger partial charge in [0.25, 0.3) is 0 Å². The van der Waals surface area contributed by atoms with Gasteiger partial charge in [0.15, 0.2) is 0 Å². The Labute approximate surface area is 130 Å². The highest BCUT2D eigenvalue weighted by Gasteiger charge is 2.05. The lowest BCUT2D eigenvalue weighted by molar-refractivity contribution is 1.22.